The summed E-state index contributed by atoms with van der Waals surface area (Å²) in [4.78, 5) is 28.8. The molecule has 0 bridgehead atoms. The quantitative estimate of drug-likeness (QED) is 0.814. The van der Waals surface area contributed by atoms with Gasteiger partial charge < -0.3 is 15.1 Å². The van der Waals surface area contributed by atoms with Crippen LogP contribution in [0.5, 0.6) is 0 Å². The van der Waals surface area contributed by atoms with Gasteiger partial charge >= 0.3 is 0 Å². The number of hydrogen-bond donors (Lipinski definition) is 1. The fraction of sp³-hybridized carbons (Fsp3) is 0.417. The maximum Gasteiger partial charge on any atom is 0.243 e. The SMILES string of the molecule is Cc1cccc(NC(=O)CN2CC(CCN3CCCC3=O)c3ccccc32)c1C. The Balaban J connectivity index is 1.42. The molecule has 2 aliphatic heterocycles. The summed E-state index contributed by atoms with van der Waals surface area (Å²) in [6, 6.07) is 14.3. The zero-order chi connectivity index (χ0) is 20.4. The summed E-state index contributed by atoms with van der Waals surface area (Å²) in [7, 11) is 0. The first-order valence-electron chi connectivity index (χ1n) is 10.5. The Bertz CT molecular complexity index is 924. The minimum absolute atomic E-state index is 0.00359. The van der Waals surface area contributed by atoms with Gasteiger partial charge in [0.2, 0.25) is 11.8 Å². The Morgan fingerprint density at radius 3 is 2.72 bits per heavy atom. The van der Waals surface area contributed by atoms with Crippen LogP contribution in [0.3, 0.4) is 0 Å². The van der Waals surface area contributed by atoms with Gasteiger partial charge in [-0.1, -0.05) is 30.3 Å². The largest absolute Gasteiger partial charge is 0.361 e. The van der Waals surface area contributed by atoms with Crippen LogP contribution in [0, 0.1) is 13.8 Å². The fourth-order valence-corrected chi connectivity index (χ4v) is 4.48. The molecule has 2 aromatic rings. The van der Waals surface area contributed by atoms with Gasteiger partial charge in [0.05, 0.1) is 6.54 Å². The predicted molar refractivity (Wildman–Crippen MR) is 116 cm³/mol. The lowest BCUT2D eigenvalue weighted by atomic mass is 9.98. The molecule has 2 aliphatic rings. The molecule has 1 fully saturated rings. The van der Waals surface area contributed by atoms with Crippen molar-refractivity contribution < 1.29 is 9.59 Å². The second kappa shape index (κ2) is 8.27. The molecule has 1 saturated heterocycles. The van der Waals surface area contributed by atoms with Crippen molar-refractivity contribution >= 4 is 23.2 Å². The van der Waals surface area contributed by atoms with Crippen LogP contribution in [-0.4, -0.2) is 42.9 Å². The molecule has 29 heavy (non-hydrogen) atoms. The number of nitrogens with zero attached hydrogens (tertiary/aromatic N) is 2. The number of nitrogens with one attached hydrogen (secondary N) is 1. The Kier molecular flexibility index (Phi) is 5.56. The van der Waals surface area contributed by atoms with Gasteiger partial charge in [0, 0.05) is 43.3 Å². The molecule has 0 aromatic heterocycles. The van der Waals surface area contributed by atoms with Crippen molar-refractivity contribution in [1.29, 1.82) is 0 Å². The summed E-state index contributed by atoms with van der Waals surface area (Å²) in [6.07, 6.45) is 2.61. The lowest BCUT2D eigenvalue weighted by Crippen LogP contribution is -2.33. The molecule has 152 valence electrons. The molecular formula is C24H29N3O2. The van der Waals surface area contributed by atoms with E-state index in [1.54, 1.807) is 0 Å². The summed E-state index contributed by atoms with van der Waals surface area (Å²) >= 11 is 0. The topological polar surface area (TPSA) is 52.7 Å². The number of carbonyl (C=O) groups is 2. The number of aryl methyl sites for hydroxylation is 1. The first-order valence-corrected chi connectivity index (χ1v) is 10.5. The summed E-state index contributed by atoms with van der Waals surface area (Å²) < 4.78 is 0. The number of likely N-dealkylation sites (tertiary alicyclic amines) is 1. The van der Waals surface area contributed by atoms with Gasteiger partial charge in [0.25, 0.3) is 0 Å². The van der Waals surface area contributed by atoms with E-state index in [2.05, 4.69) is 41.4 Å². The Morgan fingerprint density at radius 1 is 1.10 bits per heavy atom. The summed E-state index contributed by atoms with van der Waals surface area (Å²) in [5, 5.41) is 3.07. The van der Waals surface area contributed by atoms with Gasteiger partial charge in [-0.25, -0.2) is 0 Å². The third kappa shape index (κ3) is 4.14. The number of fused-ring (bicyclic) bond motifs is 1. The van der Waals surface area contributed by atoms with Crippen LogP contribution in [-0.2, 0) is 9.59 Å². The zero-order valence-corrected chi connectivity index (χ0v) is 17.3. The van der Waals surface area contributed by atoms with Crippen LogP contribution in [0.4, 0.5) is 11.4 Å². The zero-order valence-electron chi connectivity index (χ0n) is 17.3. The van der Waals surface area contributed by atoms with E-state index in [1.807, 2.05) is 30.0 Å². The van der Waals surface area contributed by atoms with Crippen molar-refractivity contribution in [1.82, 2.24) is 4.90 Å². The predicted octanol–water partition coefficient (Wildman–Crippen LogP) is 3.86. The van der Waals surface area contributed by atoms with Crippen LogP contribution in [0.2, 0.25) is 0 Å². The van der Waals surface area contributed by atoms with Gasteiger partial charge in [-0.15, -0.1) is 0 Å². The van der Waals surface area contributed by atoms with E-state index in [9.17, 15) is 9.59 Å². The molecule has 5 heteroatoms. The maximum absolute atomic E-state index is 12.8. The summed E-state index contributed by atoms with van der Waals surface area (Å²) in [5.74, 6) is 0.637. The smallest absolute Gasteiger partial charge is 0.243 e. The molecule has 2 aromatic carbocycles. The number of hydrogen-bond acceptors (Lipinski definition) is 3. The highest BCUT2D eigenvalue weighted by molar-refractivity contribution is 5.95. The van der Waals surface area contributed by atoms with Crippen LogP contribution in [0.1, 0.15) is 41.9 Å². The van der Waals surface area contributed by atoms with Gasteiger partial charge in [0.1, 0.15) is 0 Å². The van der Waals surface area contributed by atoms with Gasteiger partial charge in [-0.05, 0) is 55.5 Å². The van der Waals surface area contributed by atoms with E-state index in [-0.39, 0.29) is 11.8 Å². The van der Waals surface area contributed by atoms with Crippen LogP contribution in [0.15, 0.2) is 42.5 Å². The van der Waals surface area contributed by atoms with E-state index in [1.165, 1.54) is 11.1 Å². The molecule has 0 saturated carbocycles. The average Bonchev–Trinajstić information content (AvgIpc) is 3.27. The molecule has 0 spiro atoms. The fourth-order valence-electron chi connectivity index (χ4n) is 4.48. The van der Waals surface area contributed by atoms with Crippen molar-refractivity contribution in [2.75, 3.05) is 36.4 Å². The normalized spacial score (nSPS) is 18.3. The standard InChI is InChI=1S/C24H29N3O2/c1-17-7-5-9-21(18(17)2)25-23(28)16-27-15-19(20-8-3-4-10-22(20)27)12-14-26-13-6-11-24(26)29/h3-5,7-10,19H,6,11-16H2,1-2H3,(H,25,28). The van der Waals surface area contributed by atoms with Crippen molar-refractivity contribution in [3.8, 4) is 0 Å². The van der Waals surface area contributed by atoms with E-state index < -0.39 is 0 Å². The van der Waals surface area contributed by atoms with Gasteiger partial charge in [-0.2, -0.15) is 0 Å². The number of anilines is 2. The van der Waals surface area contributed by atoms with Gasteiger partial charge in [-0.3, -0.25) is 9.59 Å². The number of benzene rings is 2. The number of amides is 2. The molecule has 1 atom stereocenters. The number of rotatable bonds is 6. The first kappa shape index (κ1) is 19.5. The van der Waals surface area contributed by atoms with Crippen molar-refractivity contribution in [2.45, 2.75) is 39.0 Å². The lowest BCUT2D eigenvalue weighted by molar-refractivity contribution is -0.127. The molecule has 1 N–H and O–H groups in total. The minimum atomic E-state index is 0.00359. The number of para-hydroxylation sites is 1. The third-order valence-electron chi connectivity index (χ3n) is 6.29. The Labute approximate surface area is 172 Å². The maximum atomic E-state index is 12.8. The van der Waals surface area contributed by atoms with Crippen LogP contribution >= 0.6 is 0 Å². The van der Waals surface area contributed by atoms with Crippen molar-refractivity contribution in [3.05, 3.63) is 59.2 Å². The second-order valence-corrected chi connectivity index (χ2v) is 8.20. The molecular weight excluding hydrogens is 362 g/mol. The lowest BCUT2D eigenvalue weighted by Gasteiger charge is -2.21. The molecule has 1 unspecified atom stereocenters. The average molecular weight is 392 g/mol. The highest BCUT2D eigenvalue weighted by Gasteiger charge is 2.30. The van der Waals surface area contributed by atoms with E-state index >= 15 is 0 Å². The van der Waals surface area contributed by atoms with E-state index in [4.69, 9.17) is 0 Å². The molecule has 0 radical (unpaired) electrons. The second-order valence-electron chi connectivity index (χ2n) is 8.20. The first-order chi connectivity index (χ1) is 14.0. The Morgan fingerprint density at radius 2 is 1.93 bits per heavy atom. The summed E-state index contributed by atoms with van der Waals surface area (Å²) in [5.41, 5.74) is 5.59. The molecule has 5 nitrogen and oxygen atoms in total. The Hall–Kier alpha value is -2.82. The van der Waals surface area contributed by atoms with Gasteiger partial charge in [0.15, 0.2) is 0 Å². The third-order valence-corrected chi connectivity index (χ3v) is 6.29. The van der Waals surface area contributed by atoms with Crippen molar-refractivity contribution in [3.63, 3.8) is 0 Å². The summed E-state index contributed by atoms with van der Waals surface area (Å²) in [6.45, 7) is 6.93. The van der Waals surface area contributed by atoms with Crippen molar-refractivity contribution in [2.24, 2.45) is 0 Å². The molecule has 4 rings (SSSR count). The van der Waals surface area contributed by atoms with Crippen LogP contribution < -0.4 is 10.2 Å². The highest BCUT2D eigenvalue weighted by Crippen LogP contribution is 2.38. The molecule has 0 aliphatic carbocycles. The highest BCUT2D eigenvalue weighted by atomic mass is 16.2. The molecule has 2 amide bonds. The van der Waals surface area contributed by atoms with Crippen LogP contribution in [0.25, 0.3) is 0 Å². The number of carbonyl (C=O) groups excluding carboxylic acids is 2. The van der Waals surface area contributed by atoms with E-state index in [0.29, 0.717) is 18.9 Å². The molecule has 2 heterocycles. The van der Waals surface area contributed by atoms with E-state index in [0.717, 1.165) is 49.4 Å². The monoisotopic (exact) mass is 391 g/mol. The minimum Gasteiger partial charge on any atom is -0.361 e.